The Kier molecular flexibility index (Phi) is 2.50. The first-order valence-corrected chi connectivity index (χ1v) is 3.41. The number of rotatable bonds is 2. The van der Waals surface area contributed by atoms with Crippen molar-refractivity contribution in [3.63, 3.8) is 0 Å². The Hall–Kier alpha value is -1.59. The topological polar surface area (TPSA) is 68.1 Å². The number of pyridine rings is 1. The van der Waals surface area contributed by atoms with E-state index in [4.69, 9.17) is 5.73 Å². The van der Waals surface area contributed by atoms with E-state index in [-0.39, 0.29) is 5.75 Å². The second-order valence-electron chi connectivity index (χ2n) is 2.31. The zero-order chi connectivity index (χ0) is 10.0. The number of nitrogens with two attached hydrogens (primary N) is 1. The van der Waals surface area contributed by atoms with E-state index < -0.39 is 23.2 Å². The molecule has 3 N–H and O–H groups in total. The molecule has 0 saturated heterocycles. The van der Waals surface area contributed by atoms with Crippen molar-refractivity contribution in [1.29, 1.82) is 0 Å². The fourth-order valence-corrected chi connectivity index (χ4v) is 0.936. The average Bonchev–Trinajstić information content (AvgIpc) is 2.08. The average molecular weight is 190 g/mol. The number of aromatic nitrogens is 1. The van der Waals surface area contributed by atoms with Crippen molar-refractivity contribution in [2.45, 2.75) is 6.43 Å². The van der Waals surface area contributed by atoms with Crippen LogP contribution in [0.2, 0.25) is 0 Å². The molecule has 1 aromatic heterocycles. The van der Waals surface area contributed by atoms with Crippen LogP contribution in [0.15, 0.2) is 11.0 Å². The molecule has 1 rings (SSSR count). The quantitative estimate of drug-likeness (QED) is 0.728. The van der Waals surface area contributed by atoms with Crippen LogP contribution < -0.4 is 16.0 Å². The summed E-state index contributed by atoms with van der Waals surface area (Å²) in [6.45, 7) is 0. The van der Waals surface area contributed by atoms with Crippen LogP contribution in [0, 0.1) is 0 Å². The molecular formula is C7H8F2N2O2. The smallest absolute Gasteiger partial charge is 0.271 e. The van der Waals surface area contributed by atoms with Gasteiger partial charge in [-0.15, -0.1) is 0 Å². The van der Waals surface area contributed by atoms with Gasteiger partial charge in [0.1, 0.15) is 11.4 Å². The Bertz CT molecular complexity index is 362. The van der Waals surface area contributed by atoms with Gasteiger partial charge in [0.2, 0.25) is 0 Å². The van der Waals surface area contributed by atoms with Gasteiger partial charge >= 0.3 is 0 Å². The lowest BCUT2D eigenvalue weighted by molar-refractivity contribution is 0.147. The van der Waals surface area contributed by atoms with Crippen LogP contribution in [-0.2, 0) is 0 Å². The van der Waals surface area contributed by atoms with E-state index in [0.29, 0.717) is 0 Å². The summed E-state index contributed by atoms with van der Waals surface area (Å²) in [5.41, 5.74) is 3.35. The van der Waals surface area contributed by atoms with Crippen LogP contribution >= 0.6 is 0 Å². The molecular weight excluding hydrogens is 182 g/mol. The highest BCUT2D eigenvalue weighted by molar-refractivity contribution is 5.52. The first-order valence-electron chi connectivity index (χ1n) is 3.41. The normalized spacial score (nSPS) is 10.5. The Labute approximate surface area is 72.3 Å². The highest BCUT2D eigenvalue weighted by Gasteiger charge is 2.19. The van der Waals surface area contributed by atoms with E-state index in [1.807, 2.05) is 0 Å². The number of anilines is 1. The van der Waals surface area contributed by atoms with Gasteiger partial charge in [0.05, 0.1) is 12.7 Å². The molecule has 72 valence electrons. The van der Waals surface area contributed by atoms with E-state index in [1.165, 1.54) is 7.11 Å². The number of H-pyrrole nitrogens is 1. The number of ether oxygens (including phenoxy) is 1. The molecule has 0 aliphatic heterocycles. The molecule has 0 spiro atoms. The van der Waals surface area contributed by atoms with Gasteiger partial charge in [0.15, 0.2) is 0 Å². The monoisotopic (exact) mass is 190 g/mol. The molecule has 0 aromatic carbocycles. The lowest BCUT2D eigenvalue weighted by atomic mass is 10.2. The Morgan fingerprint density at radius 2 is 2.23 bits per heavy atom. The lowest BCUT2D eigenvalue weighted by Crippen LogP contribution is -2.15. The van der Waals surface area contributed by atoms with Crippen LogP contribution in [0.25, 0.3) is 0 Å². The first-order chi connectivity index (χ1) is 6.07. The molecule has 0 radical (unpaired) electrons. The highest BCUT2D eigenvalue weighted by Crippen LogP contribution is 2.30. The molecule has 13 heavy (non-hydrogen) atoms. The van der Waals surface area contributed by atoms with Crippen molar-refractivity contribution in [2.24, 2.45) is 0 Å². The molecule has 4 nitrogen and oxygen atoms in total. The number of alkyl halides is 2. The number of halogens is 2. The highest BCUT2D eigenvalue weighted by atomic mass is 19.3. The lowest BCUT2D eigenvalue weighted by Gasteiger charge is -2.08. The molecule has 0 saturated carbocycles. The summed E-state index contributed by atoms with van der Waals surface area (Å²) in [7, 11) is 1.22. The predicted octanol–water partition coefficient (Wildman–Crippen LogP) is 0.903. The molecule has 6 heteroatoms. The summed E-state index contributed by atoms with van der Waals surface area (Å²) in [6.07, 6.45) is -1.77. The molecule has 0 unspecified atom stereocenters. The third kappa shape index (κ3) is 1.61. The Balaban J connectivity index is 3.41. The van der Waals surface area contributed by atoms with Crippen LogP contribution in [0.1, 0.15) is 12.0 Å². The summed E-state index contributed by atoms with van der Waals surface area (Å²) in [5, 5.41) is 0. The number of nitrogens with one attached hydrogen (secondary N) is 1. The van der Waals surface area contributed by atoms with Gasteiger partial charge in [0, 0.05) is 6.20 Å². The molecule has 1 heterocycles. The molecule has 0 aliphatic rings. The SMILES string of the molecule is COc1c[nH]c(=O)c(N)c1C(F)F. The predicted molar refractivity (Wildman–Crippen MR) is 43.0 cm³/mol. The summed E-state index contributed by atoms with van der Waals surface area (Å²) < 4.78 is 29.3. The van der Waals surface area contributed by atoms with Crippen molar-refractivity contribution in [3.8, 4) is 5.75 Å². The zero-order valence-corrected chi connectivity index (χ0v) is 6.80. The maximum absolute atomic E-state index is 12.3. The summed E-state index contributed by atoms with van der Waals surface area (Å²) in [6, 6.07) is 0. The second-order valence-corrected chi connectivity index (χ2v) is 2.31. The van der Waals surface area contributed by atoms with E-state index in [1.54, 1.807) is 0 Å². The third-order valence-corrected chi connectivity index (χ3v) is 1.57. The third-order valence-electron chi connectivity index (χ3n) is 1.57. The largest absolute Gasteiger partial charge is 0.495 e. The minimum absolute atomic E-state index is 0.118. The first kappa shape index (κ1) is 9.50. The van der Waals surface area contributed by atoms with Crippen molar-refractivity contribution < 1.29 is 13.5 Å². The standard InChI is InChI=1S/C7H8F2N2O2/c1-13-3-2-11-7(12)5(10)4(3)6(8)9/h2,6H,10H2,1H3,(H,11,12). The van der Waals surface area contributed by atoms with E-state index >= 15 is 0 Å². The number of methoxy groups -OCH3 is 1. The summed E-state index contributed by atoms with van der Waals surface area (Å²) >= 11 is 0. The number of hydrogen-bond acceptors (Lipinski definition) is 3. The van der Waals surface area contributed by atoms with Crippen LogP contribution in [0.4, 0.5) is 14.5 Å². The molecule has 0 bridgehead atoms. The van der Waals surface area contributed by atoms with Crippen molar-refractivity contribution in [3.05, 3.63) is 22.1 Å². The van der Waals surface area contributed by atoms with E-state index in [9.17, 15) is 13.6 Å². The van der Waals surface area contributed by atoms with E-state index in [0.717, 1.165) is 6.20 Å². The van der Waals surface area contributed by atoms with Crippen LogP contribution in [0.3, 0.4) is 0 Å². The van der Waals surface area contributed by atoms with Gasteiger partial charge in [0.25, 0.3) is 12.0 Å². The summed E-state index contributed by atoms with van der Waals surface area (Å²) in [4.78, 5) is 13.0. The van der Waals surface area contributed by atoms with Gasteiger partial charge in [-0.3, -0.25) is 4.79 Å². The number of hydrogen-bond donors (Lipinski definition) is 2. The van der Waals surface area contributed by atoms with Crippen molar-refractivity contribution >= 4 is 5.69 Å². The Morgan fingerprint density at radius 3 is 2.69 bits per heavy atom. The maximum atomic E-state index is 12.3. The van der Waals surface area contributed by atoms with Crippen molar-refractivity contribution in [2.75, 3.05) is 12.8 Å². The minimum Gasteiger partial charge on any atom is -0.495 e. The van der Waals surface area contributed by atoms with E-state index in [2.05, 4.69) is 9.72 Å². The second kappa shape index (κ2) is 3.42. The number of aromatic amines is 1. The fourth-order valence-electron chi connectivity index (χ4n) is 0.936. The minimum atomic E-state index is -2.82. The van der Waals surface area contributed by atoms with Gasteiger partial charge in [-0.25, -0.2) is 8.78 Å². The maximum Gasteiger partial charge on any atom is 0.271 e. The molecule has 0 atom stereocenters. The molecule has 0 fully saturated rings. The van der Waals surface area contributed by atoms with Crippen LogP contribution in [-0.4, -0.2) is 12.1 Å². The van der Waals surface area contributed by atoms with Gasteiger partial charge in [-0.1, -0.05) is 0 Å². The zero-order valence-electron chi connectivity index (χ0n) is 6.80. The van der Waals surface area contributed by atoms with Gasteiger partial charge in [-0.2, -0.15) is 0 Å². The molecule has 0 aliphatic carbocycles. The summed E-state index contributed by atoms with van der Waals surface area (Å²) in [5.74, 6) is -0.118. The fraction of sp³-hybridized carbons (Fsp3) is 0.286. The molecule has 0 amide bonds. The van der Waals surface area contributed by atoms with Gasteiger partial charge in [-0.05, 0) is 0 Å². The van der Waals surface area contributed by atoms with Gasteiger partial charge < -0.3 is 15.5 Å². The van der Waals surface area contributed by atoms with Crippen LogP contribution in [0.5, 0.6) is 5.75 Å². The van der Waals surface area contributed by atoms with Crippen molar-refractivity contribution in [1.82, 2.24) is 4.98 Å². The Morgan fingerprint density at radius 1 is 1.62 bits per heavy atom. The number of nitrogen functional groups attached to an aromatic ring is 1. The molecule has 1 aromatic rings.